The fourth-order valence-electron chi connectivity index (χ4n) is 1.35. The van der Waals surface area contributed by atoms with Crippen molar-refractivity contribution < 1.29 is 9.90 Å². The predicted molar refractivity (Wildman–Crippen MR) is 56.0 cm³/mol. The number of benzene rings is 1. The first-order valence-electron chi connectivity index (χ1n) is 4.24. The molecule has 0 bridgehead atoms. The number of hydrogen-bond donors (Lipinski definition) is 4. The van der Waals surface area contributed by atoms with Gasteiger partial charge < -0.3 is 16.2 Å². The van der Waals surface area contributed by atoms with Crippen molar-refractivity contribution in [2.75, 3.05) is 10.3 Å². The van der Waals surface area contributed by atoms with Gasteiger partial charge in [0.05, 0.1) is 16.9 Å². The van der Waals surface area contributed by atoms with Gasteiger partial charge in [0, 0.05) is 6.20 Å². The van der Waals surface area contributed by atoms with Crippen molar-refractivity contribution >= 4 is 17.3 Å². The summed E-state index contributed by atoms with van der Waals surface area (Å²) in [7, 11) is 0. The Morgan fingerprint density at radius 3 is 2.87 bits per heavy atom. The SMILES string of the molecule is NC1=CNc2ccc(C(=O)O)cc2N1N. The molecule has 1 aliphatic rings. The van der Waals surface area contributed by atoms with E-state index in [2.05, 4.69) is 5.32 Å². The summed E-state index contributed by atoms with van der Waals surface area (Å²) < 4.78 is 0. The van der Waals surface area contributed by atoms with Gasteiger partial charge in [-0.1, -0.05) is 0 Å². The first kappa shape index (κ1) is 9.35. The second kappa shape index (κ2) is 3.18. The molecule has 6 nitrogen and oxygen atoms in total. The first-order chi connectivity index (χ1) is 7.09. The zero-order chi connectivity index (χ0) is 11.0. The van der Waals surface area contributed by atoms with E-state index in [1.807, 2.05) is 0 Å². The molecule has 1 aromatic carbocycles. The lowest BCUT2D eigenvalue weighted by molar-refractivity contribution is 0.0697. The summed E-state index contributed by atoms with van der Waals surface area (Å²) in [5.41, 5.74) is 6.99. The normalized spacial score (nSPS) is 13.9. The zero-order valence-corrected chi connectivity index (χ0v) is 7.77. The average Bonchev–Trinajstić information content (AvgIpc) is 2.23. The van der Waals surface area contributed by atoms with E-state index in [4.69, 9.17) is 16.7 Å². The second-order valence-electron chi connectivity index (χ2n) is 3.12. The van der Waals surface area contributed by atoms with Crippen LogP contribution in [0.3, 0.4) is 0 Å². The number of rotatable bonds is 1. The molecule has 0 amide bonds. The number of anilines is 2. The van der Waals surface area contributed by atoms with E-state index in [0.29, 0.717) is 11.5 Å². The Morgan fingerprint density at radius 2 is 2.20 bits per heavy atom. The number of aromatic carboxylic acids is 1. The monoisotopic (exact) mass is 206 g/mol. The van der Waals surface area contributed by atoms with Gasteiger partial charge in [0.1, 0.15) is 5.82 Å². The molecule has 2 rings (SSSR count). The number of nitrogens with zero attached hydrogens (tertiary/aromatic N) is 1. The van der Waals surface area contributed by atoms with Crippen LogP contribution in [0.5, 0.6) is 0 Å². The highest BCUT2D eigenvalue weighted by molar-refractivity contribution is 5.91. The van der Waals surface area contributed by atoms with E-state index in [9.17, 15) is 4.79 Å². The third-order valence-corrected chi connectivity index (χ3v) is 2.16. The van der Waals surface area contributed by atoms with Gasteiger partial charge in [-0.25, -0.2) is 10.6 Å². The molecule has 6 N–H and O–H groups in total. The molecule has 0 spiro atoms. The van der Waals surface area contributed by atoms with Crippen LogP contribution in [-0.4, -0.2) is 11.1 Å². The van der Waals surface area contributed by atoms with Crippen molar-refractivity contribution in [1.82, 2.24) is 0 Å². The molecule has 1 aromatic rings. The number of nitrogens with one attached hydrogen (secondary N) is 1. The van der Waals surface area contributed by atoms with Crippen LogP contribution in [0.25, 0.3) is 0 Å². The van der Waals surface area contributed by atoms with Crippen molar-refractivity contribution in [3.8, 4) is 0 Å². The fourth-order valence-corrected chi connectivity index (χ4v) is 1.35. The maximum atomic E-state index is 10.7. The van der Waals surface area contributed by atoms with Crippen molar-refractivity contribution in [3.63, 3.8) is 0 Å². The van der Waals surface area contributed by atoms with Crippen molar-refractivity contribution in [2.24, 2.45) is 11.6 Å². The van der Waals surface area contributed by atoms with E-state index < -0.39 is 5.97 Å². The predicted octanol–water partition coefficient (Wildman–Crippen LogP) is 0.248. The van der Waals surface area contributed by atoms with E-state index in [1.54, 1.807) is 12.3 Å². The molecular formula is C9H10N4O2. The van der Waals surface area contributed by atoms with Crippen LogP contribution in [0.1, 0.15) is 10.4 Å². The Kier molecular flexibility index (Phi) is 1.98. The Balaban J connectivity index is 2.50. The molecule has 0 radical (unpaired) electrons. The van der Waals surface area contributed by atoms with Crippen molar-refractivity contribution in [3.05, 3.63) is 35.8 Å². The van der Waals surface area contributed by atoms with Gasteiger partial charge in [-0.3, -0.25) is 5.01 Å². The molecule has 0 atom stereocenters. The molecule has 0 aromatic heterocycles. The van der Waals surface area contributed by atoms with Gasteiger partial charge in [0.15, 0.2) is 0 Å². The van der Waals surface area contributed by atoms with Gasteiger partial charge in [0.25, 0.3) is 0 Å². The summed E-state index contributed by atoms with van der Waals surface area (Å²) >= 11 is 0. The first-order valence-corrected chi connectivity index (χ1v) is 4.24. The molecule has 1 aliphatic heterocycles. The highest BCUT2D eigenvalue weighted by Gasteiger charge is 2.16. The fraction of sp³-hybridized carbons (Fsp3) is 0. The molecule has 0 fully saturated rings. The van der Waals surface area contributed by atoms with Crippen LogP contribution in [-0.2, 0) is 0 Å². The minimum atomic E-state index is -1.00. The lowest BCUT2D eigenvalue weighted by Gasteiger charge is -2.26. The van der Waals surface area contributed by atoms with Gasteiger partial charge in [-0.15, -0.1) is 0 Å². The molecular weight excluding hydrogens is 196 g/mol. The van der Waals surface area contributed by atoms with Crippen molar-refractivity contribution in [1.29, 1.82) is 0 Å². The van der Waals surface area contributed by atoms with Crippen LogP contribution >= 0.6 is 0 Å². The molecule has 1 heterocycles. The number of hydrazine groups is 1. The molecule has 0 unspecified atom stereocenters. The number of nitrogens with two attached hydrogens (primary N) is 2. The quantitative estimate of drug-likeness (QED) is 0.491. The van der Waals surface area contributed by atoms with E-state index in [1.165, 1.54) is 17.1 Å². The number of carboxylic acids is 1. The van der Waals surface area contributed by atoms with Crippen LogP contribution in [0, 0.1) is 0 Å². The Hall–Kier alpha value is -2.21. The Labute approximate surface area is 85.7 Å². The highest BCUT2D eigenvalue weighted by atomic mass is 16.4. The highest BCUT2D eigenvalue weighted by Crippen LogP contribution is 2.29. The van der Waals surface area contributed by atoms with Gasteiger partial charge in [-0.2, -0.15) is 0 Å². The van der Waals surface area contributed by atoms with Crippen LogP contribution in [0.2, 0.25) is 0 Å². The topological polar surface area (TPSA) is 105 Å². The van der Waals surface area contributed by atoms with Crippen LogP contribution < -0.4 is 21.9 Å². The van der Waals surface area contributed by atoms with E-state index >= 15 is 0 Å². The molecule has 6 heteroatoms. The lowest BCUT2D eigenvalue weighted by atomic mass is 10.1. The molecule has 0 saturated carbocycles. The summed E-state index contributed by atoms with van der Waals surface area (Å²) in [6.07, 6.45) is 1.54. The van der Waals surface area contributed by atoms with Crippen LogP contribution in [0.15, 0.2) is 30.2 Å². The molecule has 0 saturated heterocycles. The largest absolute Gasteiger partial charge is 0.478 e. The van der Waals surface area contributed by atoms with Crippen molar-refractivity contribution in [2.45, 2.75) is 0 Å². The smallest absolute Gasteiger partial charge is 0.335 e. The standard InChI is InChI=1S/C9H10N4O2/c10-8-4-12-6-2-1-5(9(14)15)3-7(6)13(8)11/h1-4,12H,10-11H2,(H,14,15). The average molecular weight is 206 g/mol. The third kappa shape index (κ3) is 1.46. The van der Waals surface area contributed by atoms with Gasteiger partial charge in [0.2, 0.25) is 0 Å². The number of fused-ring (bicyclic) bond motifs is 1. The third-order valence-electron chi connectivity index (χ3n) is 2.16. The van der Waals surface area contributed by atoms with E-state index in [0.717, 1.165) is 5.69 Å². The lowest BCUT2D eigenvalue weighted by Crippen LogP contribution is -2.37. The number of carboxylic acid groups (broad SMARTS) is 1. The number of hydrogen-bond acceptors (Lipinski definition) is 5. The van der Waals surface area contributed by atoms with Gasteiger partial charge in [-0.05, 0) is 18.2 Å². The number of carbonyl (C=O) groups is 1. The Morgan fingerprint density at radius 1 is 1.47 bits per heavy atom. The van der Waals surface area contributed by atoms with E-state index in [-0.39, 0.29) is 5.56 Å². The second-order valence-corrected chi connectivity index (χ2v) is 3.12. The molecule has 78 valence electrons. The maximum Gasteiger partial charge on any atom is 0.335 e. The summed E-state index contributed by atoms with van der Waals surface area (Å²) in [5.74, 6) is 4.99. The summed E-state index contributed by atoms with van der Waals surface area (Å²) in [5, 5.41) is 13.0. The maximum absolute atomic E-state index is 10.7. The summed E-state index contributed by atoms with van der Waals surface area (Å²) in [4.78, 5) is 10.7. The molecule has 0 aliphatic carbocycles. The minimum Gasteiger partial charge on any atom is -0.478 e. The Bertz CT molecular complexity index is 455. The minimum absolute atomic E-state index is 0.167. The molecule has 15 heavy (non-hydrogen) atoms. The summed E-state index contributed by atoms with van der Waals surface area (Å²) in [6, 6.07) is 4.60. The zero-order valence-electron chi connectivity index (χ0n) is 7.77. The summed E-state index contributed by atoms with van der Waals surface area (Å²) in [6.45, 7) is 0. The van der Waals surface area contributed by atoms with Crippen LogP contribution in [0.4, 0.5) is 11.4 Å². The van der Waals surface area contributed by atoms with Gasteiger partial charge >= 0.3 is 5.97 Å².